The summed E-state index contributed by atoms with van der Waals surface area (Å²) in [6, 6.07) is 46.9. The van der Waals surface area contributed by atoms with Crippen LogP contribution in [0.1, 0.15) is 65.5 Å². The molecule has 3 unspecified atom stereocenters. The average Bonchev–Trinajstić information content (AvgIpc) is 3.29. The molecule has 8 nitrogen and oxygen atoms in total. The Morgan fingerprint density at radius 3 is 1.33 bits per heavy atom. The van der Waals surface area contributed by atoms with Crippen LogP contribution in [0.15, 0.2) is 170 Å². The van der Waals surface area contributed by atoms with Crippen molar-refractivity contribution in [2.24, 2.45) is 17.8 Å². The number of nitrogens with one attached hydrogen (secondary N) is 2. The number of ketones is 4. The number of para-hydroxylation sites is 2. The van der Waals surface area contributed by atoms with Gasteiger partial charge in [-0.25, -0.2) is 8.78 Å². The van der Waals surface area contributed by atoms with Crippen LogP contribution < -0.4 is 10.6 Å². The van der Waals surface area contributed by atoms with Crippen molar-refractivity contribution in [2.45, 2.75) is 44.9 Å². The lowest BCUT2D eigenvalue weighted by Crippen LogP contribution is -2.40. The van der Waals surface area contributed by atoms with E-state index in [1.54, 1.807) is 94.4 Å². The first kappa shape index (κ1) is 48.9. The summed E-state index contributed by atoms with van der Waals surface area (Å²) in [5, 5.41) is 5.44. The molecule has 63 heavy (non-hydrogen) atoms. The summed E-state index contributed by atoms with van der Waals surface area (Å²) in [5.41, 5.74) is 3.54. The fourth-order valence-corrected chi connectivity index (χ4v) is 6.81. The van der Waals surface area contributed by atoms with E-state index in [1.807, 2.05) is 54.6 Å². The third-order valence-corrected chi connectivity index (χ3v) is 10.4. The molecule has 6 aromatic rings. The normalized spacial score (nSPS) is 12.0. The largest absolute Gasteiger partial charge is 0.325 e. The Morgan fingerprint density at radius 1 is 0.492 bits per heavy atom. The highest BCUT2D eigenvalue weighted by Gasteiger charge is 2.41. The Balaban J connectivity index is 0.000000229. The number of hydrogen-bond acceptors (Lipinski definition) is 6. The van der Waals surface area contributed by atoms with Crippen LogP contribution >= 0.6 is 15.9 Å². The number of rotatable bonds is 15. The molecule has 0 aliphatic rings. The van der Waals surface area contributed by atoms with Gasteiger partial charge in [-0.05, 0) is 83.9 Å². The molecule has 6 rings (SSSR count). The molecular weight excluding hydrogens is 866 g/mol. The van der Waals surface area contributed by atoms with Gasteiger partial charge in [0.15, 0.2) is 22.2 Å². The van der Waals surface area contributed by atoms with Crippen LogP contribution in [0.25, 0.3) is 0 Å². The van der Waals surface area contributed by atoms with E-state index in [-0.39, 0.29) is 40.6 Å². The SMILES string of the molecule is CC(C)C(=O)C(Br)C(=O)Nc1ccccc1.CC(C)C(=O)C(C(=O)Nc1ccccc1)C(C(=O)c1ccc(F)cc1)c1ccccc1.O=C(Cc1ccccc1)c1ccc(F)cc1. The minimum Gasteiger partial charge on any atom is -0.325 e. The number of anilines is 2. The lowest BCUT2D eigenvalue weighted by Gasteiger charge is -2.26. The third-order valence-electron chi connectivity index (χ3n) is 9.57. The van der Waals surface area contributed by atoms with E-state index in [1.165, 1.54) is 48.5 Å². The summed E-state index contributed by atoms with van der Waals surface area (Å²) in [6.45, 7) is 6.95. The molecule has 2 amide bonds. The van der Waals surface area contributed by atoms with Crippen LogP contribution in [-0.4, -0.2) is 39.8 Å². The van der Waals surface area contributed by atoms with Crippen molar-refractivity contribution in [2.75, 3.05) is 10.6 Å². The highest BCUT2D eigenvalue weighted by molar-refractivity contribution is 9.10. The zero-order valence-corrected chi connectivity index (χ0v) is 36.9. The summed E-state index contributed by atoms with van der Waals surface area (Å²) in [4.78, 5) is 74.3. The maximum Gasteiger partial charge on any atom is 0.245 e. The highest BCUT2D eigenvalue weighted by Crippen LogP contribution is 2.33. The summed E-state index contributed by atoms with van der Waals surface area (Å²) in [7, 11) is 0. The molecule has 0 fully saturated rings. The Kier molecular flexibility index (Phi) is 19.2. The smallest absolute Gasteiger partial charge is 0.245 e. The first-order valence-electron chi connectivity index (χ1n) is 20.3. The van der Waals surface area contributed by atoms with Crippen LogP contribution in [0.2, 0.25) is 0 Å². The molecule has 0 aliphatic heterocycles. The Bertz CT molecular complexity index is 2410. The van der Waals surface area contributed by atoms with Gasteiger partial charge >= 0.3 is 0 Å². The van der Waals surface area contributed by atoms with Crippen LogP contribution in [0.3, 0.4) is 0 Å². The molecule has 0 aliphatic carbocycles. The van der Waals surface area contributed by atoms with Crippen molar-refractivity contribution in [3.63, 3.8) is 0 Å². The second kappa shape index (κ2) is 24.7. The number of amides is 2. The number of Topliss-reactive ketones (excluding diaryl/α,β-unsaturated/α-hetero) is 4. The predicted octanol–water partition coefficient (Wildman–Crippen LogP) is 11.1. The molecule has 11 heteroatoms. The van der Waals surface area contributed by atoms with E-state index in [4.69, 9.17) is 0 Å². The van der Waals surface area contributed by atoms with Crippen LogP contribution in [0.5, 0.6) is 0 Å². The minimum absolute atomic E-state index is 0.00574. The number of hydrogen-bond donors (Lipinski definition) is 2. The number of halogens is 3. The van der Waals surface area contributed by atoms with Crippen molar-refractivity contribution in [1.29, 1.82) is 0 Å². The maximum absolute atomic E-state index is 13.5. The molecule has 6 aromatic carbocycles. The molecule has 0 radical (unpaired) electrons. The van der Waals surface area contributed by atoms with Gasteiger partial charge in [0, 0.05) is 40.8 Å². The fraction of sp³-hybridized carbons (Fsp3) is 0.192. The zero-order chi connectivity index (χ0) is 45.9. The van der Waals surface area contributed by atoms with Crippen LogP contribution in [0.4, 0.5) is 20.2 Å². The van der Waals surface area contributed by atoms with Gasteiger partial charge in [0.25, 0.3) is 0 Å². The first-order valence-corrected chi connectivity index (χ1v) is 21.2. The molecule has 2 N–H and O–H groups in total. The van der Waals surface area contributed by atoms with E-state index >= 15 is 0 Å². The molecule has 0 aromatic heterocycles. The second-order valence-electron chi connectivity index (χ2n) is 15.0. The number of carbonyl (C=O) groups is 6. The minimum atomic E-state index is -1.24. The molecule has 0 bridgehead atoms. The van der Waals surface area contributed by atoms with Gasteiger partial charge < -0.3 is 10.6 Å². The highest BCUT2D eigenvalue weighted by atomic mass is 79.9. The van der Waals surface area contributed by atoms with E-state index in [0.29, 0.717) is 28.9 Å². The van der Waals surface area contributed by atoms with Crippen LogP contribution in [-0.2, 0) is 25.6 Å². The van der Waals surface area contributed by atoms with E-state index in [2.05, 4.69) is 26.6 Å². The maximum atomic E-state index is 13.5. The lowest BCUT2D eigenvalue weighted by molar-refractivity contribution is -0.134. The Labute approximate surface area is 375 Å². The number of alkyl halides is 1. The van der Waals surface area contributed by atoms with Gasteiger partial charge in [-0.3, -0.25) is 28.8 Å². The molecule has 0 spiro atoms. The molecule has 0 saturated carbocycles. The Morgan fingerprint density at radius 2 is 0.889 bits per heavy atom. The average molecular weight is 916 g/mol. The van der Waals surface area contributed by atoms with E-state index in [0.717, 1.165) is 5.56 Å². The Hall–Kier alpha value is -6.72. The standard InChI is InChI=1S/C26H24FNO3.C14H11FO.C12H14BrNO2/c1-17(2)24(29)23(26(31)28-21-11-7-4-8-12-21)22(18-9-5-3-6-10-18)25(30)19-13-15-20(27)16-14-19;15-13-8-6-12(7-9-13)14(16)10-11-4-2-1-3-5-11;1-8(2)11(15)10(13)12(16)14-9-6-4-3-5-7-9/h3-17,22-23H,1-2H3,(H,28,31);1-9H,10H2;3-8,10H,1-2H3,(H,14,16). The molecule has 0 heterocycles. The van der Waals surface area contributed by atoms with Crippen molar-refractivity contribution in [3.05, 3.63) is 204 Å². The molecule has 324 valence electrons. The summed E-state index contributed by atoms with van der Waals surface area (Å²) < 4.78 is 26.1. The van der Waals surface area contributed by atoms with Gasteiger partial charge in [-0.15, -0.1) is 0 Å². The predicted molar refractivity (Wildman–Crippen MR) is 247 cm³/mol. The monoisotopic (exact) mass is 914 g/mol. The van der Waals surface area contributed by atoms with Crippen molar-refractivity contribution in [3.8, 4) is 0 Å². The van der Waals surface area contributed by atoms with E-state index < -0.39 is 40.1 Å². The number of benzene rings is 6. The number of carbonyl (C=O) groups excluding carboxylic acids is 6. The second-order valence-corrected chi connectivity index (χ2v) is 15.9. The lowest BCUT2D eigenvalue weighted by atomic mass is 9.75. The van der Waals surface area contributed by atoms with Gasteiger partial charge in [0.2, 0.25) is 11.8 Å². The third kappa shape index (κ3) is 15.3. The van der Waals surface area contributed by atoms with Gasteiger partial charge in [0.1, 0.15) is 23.3 Å². The molecule has 0 saturated heterocycles. The van der Waals surface area contributed by atoms with Crippen molar-refractivity contribution in [1.82, 2.24) is 0 Å². The quantitative estimate of drug-likeness (QED) is 0.0600. The van der Waals surface area contributed by atoms with Crippen LogP contribution in [0, 0.1) is 29.4 Å². The van der Waals surface area contributed by atoms with Gasteiger partial charge in [-0.1, -0.05) is 141 Å². The zero-order valence-electron chi connectivity index (χ0n) is 35.3. The van der Waals surface area contributed by atoms with E-state index in [9.17, 15) is 37.5 Å². The van der Waals surface area contributed by atoms with Gasteiger partial charge in [-0.2, -0.15) is 0 Å². The summed E-state index contributed by atoms with van der Waals surface area (Å²) >= 11 is 3.11. The van der Waals surface area contributed by atoms with Gasteiger partial charge in [0.05, 0.1) is 5.92 Å². The topological polar surface area (TPSA) is 126 Å². The fourth-order valence-electron chi connectivity index (χ4n) is 6.16. The molecular formula is C52H49BrF2N2O6. The first-order chi connectivity index (χ1) is 30.2. The van der Waals surface area contributed by atoms with Crippen molar-refractivity contribution < 1.29 is 37.5 Å². The summed E-state index contributed by atoms with van der Waals surface area (Å²) in [5.74, 6) is -5.42. The van der Waals surface area contributed by atoms with Crippen molar-refractivity contribution >= 4 is 62.3 Å². The summed E-state index contributed by atoms with van der Waals surface area (Å²) in [6.07, 6.45) is 0.354. The molecule has 3 atom stereocenters.